The zero-order valence-electron chi connectivity index (χ0n) is 8.88. The number of halogens is 3. The summed E-state index contributed by atoms with van der Waals surface area (Å²) in [6.45, 7) is 0.435. The Bertz CT molecular complexity index is 555. The van der Waals surface area contributed by atoms with E-state index >= 15 is 0 Å². The highest BCUT2D eigenvalue weighted by molar-refractivity contribution is 6.34. The van der Waals surface area contributed by atoms with Crippen molar-refractivity contribution in [2.45, 2.75) is 6.54 Å². The zero-order chi connectivity index (χ0) is 12.4. The first-order chi connectivity index (χ1) is 8.11. The van der Waals surface area contributed by atoms with Crippen LogP contribution in [0.25, 0.3) is 11.1 Å². The molecule has 0 atom stereocenters. The van der Waals surface area contributed by atoms with Crippen LogP contribution < -0.4 is 5.73 Å². The SMILES string of the molecule is NCc1ccc(-c2ccc(F)c(Cl)c2)c(Cl)c1. The Morgan fingerprint density at radius 2 is 1.76 bits per heavy atom. The average Bonchev–Trinajstić information content (AvgIpc) is 2.32. The van der Waals surface area contributed by atoms with E-state index in [2.05, 4.69) is 0 Å². The van der Waals surface area contributed by atoms with Crippen LogP contribution in [-0.4, -0.2) is 0 Å². The second-order valence-electron chi connectivity index (χ2n) is 3.65. The summed E-state index contributed by atoms with van der Waals surface area (Å²) in [5, 5.41) is 0.664. The molecule has 0 fully saturated rings. The Hall–Kier alpha value is -1.09. The molecule has 17 heavy (non-hydrogen) atoms. The van der Waals surface area contributed by atoms with Crippen molar-refractivity contribution in [1.29, 1.82) is 0 Å². The van der Waals surface area contributed by atoms with Gasteiger partial charge in [-0.15, -0.1) is 0 Å². The second-order valence-corrected chi connectivity index (χ2v) is 4.46. The minimum absolute atomic E-state index is 0.0847. The van der Waals surface area contributed by atoms with E-state index in [9.17, 15) is 4.39 Å². The van der Waals surface area contributed by atoms with Gasteiger partial charge >= 0.3 is 0 Å². The van der Waals surface area contributed by atoms with Crippen molar-refractivity contribution in [3.63, 3.8) is 0 Å². The monoisotopic (exact) mass is 269 g/mol. The Morgan fingerprint density at radius 3 is 2.35 bits per heavy atom. The standard InChI is InChI=1S/C13H10Cl2FN/c14-11-5-8(7-17)1-3-10(11)9-2-4-13(16)12(15)6-9/h1-6H,7,17H2. The summed E-state index contributed by atoms with van der Waals surface area (Å²) < 4.78 is 13.1. The molecule has 0 amide bonds. The Kier molecular flexibility index (Phi) is 3.67. The fraction of sp³-hybridized carbons (Fsp3) is 0.0769. The molecule has 2 rings (SSSR count). The second kappa shape index (κ2) is 5.05. The lowest BCUT2D eigenvalue weighted by molar-refractivity contribution is 0.628. The van der Waals surface area contributed by atoms with Gasteiger partial charge in [0.2, 0.25) is 0 Å². The van der Waals surface area contributed by atoms with E-state index in [1.54, 1.807) is 18.2 Å². The van der Waals surface area contributed by atoms with Crippen LogP contribution in [0.15, 0.2) is 36.4 Å². The largest absolute Gasteiger partial charge is 0.326 e. The van der Waals surface area contributed by atoms with Gasteiger partial charge in [0, 0.05) is 17.1 Å². The first kappa shape index (κ1) is 12.4. The molecule has 0 unspecified atom stereocenters. The van der Waals surface area contributed by atoms with Crippen LogP contribution >= 0.6 is 23.2 Å². The zero-order valence-corrected chi connectivity index (χ0v) is 10.4. The van der Waals surface area contributed by atoms with Crippen LogP contribution in [0, 0.1) is 5.82 Å². The molecule has 88 valence electrons. The molecule has 0 aliphatic carbocycles. The molecule has 4 heteroatoms. The van der Waals surface area contributed by atoms with Crippen LogP contribution in [-0.2, 0) is 6.54 Å². The van der Waals surface area contributed by atoms with Gasteiger partial charge in [-0.3, -0.25) is 0 Å². The van der Waals surface area contributed by atoms with Crippen molar-refractivity contribution < 1.29 is 4.39 Å². The summed E-state index contributed by atoms with van der Waals surface area (Å²) in [7, 11) is 0. The topological polar surface area (TPSA) is 26.0 Å². The van der Waals surface area contributed by atoms with E-state index in [0.717, 1.165) is 16.7 Å². The Labute approximate surface area is 109 Å². The van der Waals surface area contributed by atoms with Gasteiger partial charge in [-0.25, -0.2) is 4.39 Å². The van der Waals surface area contributed by atoms with E-state index in [0.29, 0.717) is 11.6 Å². The third-order valence-corrected chi connectivity index (χ3v) is 3.10. The summed E-state index contributed by atoms with van der Waals surface area (Å²) in [6, 6.07) is 10.1. The van der Waals surface area contributed by atoms with E-state index in [1.165, 1.54) is 6.07 Å². The van der Waals surface area contributed by atoms with E-state index in [1.807, 2.05) is 12.1 Å². The average molecular weight is 270 g/mol. The molecule has 2 aromatic carbocycles. The van der Waals surface area contributed by atoms with Crippen LogP contribution in [0.5, 0.6) is 0 Å². The number of hydrogen-bond acceptors (Lipinski definition) is 1. The van der Waals surface area contributed by atoms with Gasteiger partial charge in [0.05, 0.1) is 5.02 Å². The number of hydrogen-bond donors (Lipinski definition) is 1. The van der Waals surface area contributed by atoms with Crippen molar-refractivity contribution in [2.75, 3.05) is 0 Å². The Morgan fingerprint density at radius 1 is 1.00 bits per heavy atom. The lowest BCUT2D eigenvalue weighted by Crippen LogP contribution is -1.96. The molecular formula is C13H10Cl2FN. The number of nitrogens with two attached hydrogens (primary N) is 1. The summed E-state index contributed by atoms with van der Waals surface area (Å²) in [6.07, 6.45) is 0. The van der Waals surface area contributed by atoms with E-state index in [-0.39, 0.29) is 5.02 Å². The number of benzene rings is 2. The number of rotatable bonds is 2. The maximum Gasteiger partial charge on any atom is 0.141 e. The molecule has 0 heterocycles. The quantitative estimate of drug-likeness (QED) is 0.866. The van der Waals surface area contributed by atoms with Gasteiger partial charge in [0.25, 0.3) is 0 Å². The van der Waals surface area contributed by atoms with Crippen LogP contribution in [0.3, 0.4) is 0 Å². The highest BCUT2D eigenvalue weighted by Gasteiger charge is 2.07. The van der Waals surface area contributed by atoms with E-state index in [4.69, 9.17) is 28.9 Å². The van der Waals surface area contributed by atoms with Crippen LogP contribution in [0.4, 0.5) is 4.39 Å². The summed E-state index contributed by atoms with van der Waals surface area (Å²) >= 11 is 11.9. The third-order valence-electron chi connectivity index (χ3n) is 2.50. The first-order valence-electron chi connectivity index (χ1n) is 5.05. The highest BCUT2D eigenvalue weighted by Crippen LogP contribution is 2.31. The molecule has 0 bridgehead atoms. The molecule has 0 aliphatic rings. The predicted molar refractivity (Wildman–Crippen MR) is 69.7 cm³/mol. The normalized spacial score (nSPS) is 10.6. The predicted octanol–water partition coefficient (Wildman–Crippen LogP) is 4.26. The molecule has 1 nitrogen and oxygen atoms in total. The minimum atomic E-state index is -0.440. The lowest BCUT2D eigenvalue weighted by Gasteiger charge is -2.07. The third kappa shape index (κ3) is 2.60. The van der Waals surface area contributed by atoms with Gasteiger partial charge in [0.1, 0.15) is 5.82 Å². The Balaban J connectivity index is 2.49. The first-order valence-corrected chi connectivity index (χ1v) is 5.81. The maximum absolute atomic E-state index is 13.1. The molecule has 0 aromatic heterocycles. The molecule has 0 spiro atoms. The molecular weight excluding hydrogens is 260 g/mol. The van der Waals surface area contributed by atoms with Crippen molar-refractivity contribution in [3.05, 3.63) is 57.8 Å². The fourth-order valence-corrected chi connectivity index (χ4v) is 2.08. The smallest absolute Gasteiger partial charge is 0.141 e. The summed E-state index contributed by atoms with van der Waals surface area (Å²) in [5.74, 6) is -0.440. The minimum Gasteiger partial charge on any atom is -0.326 e. The lowest BCUT2D eigenvalue weighted by atomic mass is 10.0. The fourth-order valence-electron chi connectivity index (χ4n) is 1.58. The molecule has 2 aromatic rings. The highest BCUT2D eigenvalue weighted by atomic mass is 35.5. The molecule has 0 saturated heterocycles. The molecule has 0 aliphatic heterocycles. The van der Waals surface area contributed by atoms with Gasteiger partial charge in [-0.2, -0.15) is 0 Å². The van der Waals surface area contributed by atoms with Crippen LogP contribution in [0.1, 0.15) is 5.56 Å². The van der Waals surface area contributed by atoms with Gasteiger partial charge in [0.15, 0.2) is 0 Å². The molecule has 0 radical (unpaired) electrons. The summed E-state index contributed by atoms with van der Waals surface area (Å²) in [4.78, 5) is 0. The van der Waals surface area contributed by atoms with Crippen molar-refractivity contribution in [3.8, 4) is 11.1 Å². The molecule has 0 saturated carbocycles. The van der Waals surface area contributed by atoms with E-state index < -0.39 is 5.82 Å². The van der Waals surface area contributed by atoms with Gasteiger partial charge in [-0.1, -0.05) is 41.4 Å². The maximum atomic E-state index is 13.1. The van der Waals surface area contributed by atoms with Gasteiger partial charge < -0.3 is 5.73 Å². The van der Waals surface area contributed by atoms with Gasteiger partial charge in [-0.05, 0) is 29.3 Å². The van der Waals surface area contributed by atoms with Crippen molar-refractivity contribution >= 4 is 23.2 Å². The summed E-state index contributed by atoms with van der Waals surface area (Å²) in [5.41, 5.74) is 8.07. The van der Waals surface area contributed by atoms with Crippen LogP contribution in [0.2, 0.25) is 10.0 Å². The van der Waals surface area contributed by atoms with Crippen molar-refractivity contribution in [2.24, 2.45) is 5.73 Å². The molecule has 2 N–H and O–H groups in total. The van der Waals surface area contributed by atoms with Crippen molar-refractivity contribution in [1.82, 2.24) is 0 Å².